The van der Waals surface area contributed by atoms with Crippen molar-refractivity contribution in [3.8, 4) is 11.5 Å². The minimum absolute atomic E-state index is 0.296. The molecule has 0 amide bonds. The van der Waals surface area contributed by atoms with Gasteiger partial charge in [-0.05, 0) is 6.07 Å². The lowest BCUT2D eigenvalue weighted by Gasteiger charge is -2.16. The minimum Gasteiger partial charge on any atom is -0.493 e. The second-order valence-corrected chi connectivity index (χ2v) is 3.43. The van der Waals surface area contributed by atoms with Crippen LogP contribution < -0.4 is 14.4 Å². The maximum atomic E-state index is 13.5. The number of methoxy groups -OCH3 is 2. The summed E-state index contributed by atoms with van der Waals surface area (Å²) in [6.07, 6.45) is 0. The van der Waals surface area contributed by atoms with Crippen LogP contribution >= 0.6 is 0 Å². The molecular weight excluding hydrogens is 197 g/mol. The lowest BCUT2D eigenvalue weighted by Crippen LogP contribution is -3.01. The monoisotopic (exact) mass is 213 g/mol. The van der Waals surface area contributed by atoms with Gasteiger partial charge in [0.15, 0.2) is 11.5 Å². The van der Waals surface area contributed by atoms with Crippen molar-refractivity contribution >= 4 is 0 Å². The Morgan fingerprint density at radius 1 is 1.27 bits per heavy atom. The third-order valence-electron chi connectivity index (χ3n) is 2.04. The Balaban J connectivity index is 3.08. The van der Waals surface area contributed by atoms with E-state index in [9.17, 15) is 4.39 Å². The van der Waals surface area contributed by atoms with Crippen molar-refractivity contribution in [1.82, 2.24) is 0 Å². The number of rotatable bonds is 4. The van der Waals surface area contributed by atoms with Crippen LogP contribution in [-0.2, 0) is 6.54 Å². The summed E-state index contributed by atoms with van der Waals surface area (Å²) in [5.74, 6) is 0.645. The van der Waals surface area contributed by atoms with E-state index in [0.717, 1.165) is 4.90 Å². The molecular formula is C11H16FNO2. The molecule has 0 fully saturated rings. The number of quaternary nitrogens is 1. The van der Waals surface area contributed by atoms with Gasteiger partial charge in [-0.1, -0.05) is 0 Å². The summed E-state index contributed by atoms with van der Waals surface area (Å²) >= 11 is 0. The fourth-order valence-corrected chi connectivity index (χ4v) is 1.36. The highest BCUT2D eigenvalue weighted by molar-refractivity contribution is 5.43. The van der Waals surface area contributed by atoms with Gasteiger partial charge in [-0.15, -0.1) is 0 Å². The second-order valence-electron chi connectivity index (χ2n) is 3.43. The number of hydrogen-bond acceptors (Lipinski definition) is 2. The average molecular weight is 213 g/mol. The Morgan fingerprint density at radius 3 is 2.27 bits per heavy atom. The van der Waals surface area contributed by atoms with Gasteiger partial charge >= 0.3 is 0 Å². The third kappa shape index (κ3) is 2.83. The van der Waals surface area contributed by atoms with Crippen molar-refractivity contribution in [1.29, 1.82) is 0 Å². The van der Waals surface area contributed by atoms with Crippen molar-refractivity contribution in [2.24, 2.45) is 0 Å². The summed E-state index contributed by atoms with van der Waals surface area (Å²) in [5, 5.41) is 0. The molecule has 0 heterocycles. The van der Waals surface area contributed by atoms with Crippen LogP contribution in [0.25, 0.3) is 0 Å². The first kappa shape index (κ1) is 11.8. The van der Waals surface area contributed by atoms with Crippen LogP contribution in [0.15, 0.2) is 12.1 Å². The van der Waals surface area contributed by atoms with E-state index in [1.807, 2.05) is 7.05 Å². The van der Waals surface area contributed by atoms with Crippen molar-refractivity contribution in [3.63, 3.8) is 0 Å². The third-order valence-corrected chi connectivity index (χ3v) is 2.04. The van der Waals surface area contributed by atoms with Crippen LogP contribution in [0.1, 0.15) is 5.56 Å². The number of hydrogen-bond donors (Lipinski definition) is 1. The van der Waals surface area contributed by atoms with Gasteiger partial charge in [-0.25, -0.2) is 4.39 Å². The molecule has 0 bridgehead atoms. The highest BCUT2D eigenvalue weighted by Gasteiger charge is 2.11. The molecule has 0 saturated heterocycles. The quantitative estimate of drug-likeness (QED) is 0.742. The summed E-state index contributed by atoms with van der Waals surface area (Å²) in [5.41, 5.74) is 0.570. The molecule has 0 radical (unpaired) electrons. The van der Waals surface area contributed by atoms with Crippen LogP contribution in [0.3, 0.4) is 0 Å². The predicted octanol–water partition coefficient (Wildman–Crippen LogP) is 0.649. The van der Waals surface area contributed by atoms with Gasteiger partial charge < -0.3 is 14.4 Å². The standard InChI is InChI=1S/C11H16FNO2/c1-13(2)7-8-5-10(14-3)11(15-4)6-9(8)12/h5-6,13H,1,7H2,2-4H3. The van der Waals surface area contributed by atoms with Gasteiger partial charge in [0.2, 0.25) is 0 Å². The van der Waals surface area contributed by atoms with Crippen molar-refractivity contribution in [2.45, 2.75) is 6.54 Å². The van der Waals surface area contributed by atoms with E-state index in [4.69, 9.17) is 9.47 Å². The zero-order valence-corrected chi connectivity index (χ0v) is 9.26. The molecule has 0 spiro atoms. The Labute approximate surface area is 89.4 Å². The van der Waals surface area contributed by atoms with E-state index in [1.165, 1.54) is 20.3 Å². The molecule has 3 nitrogen and oxygen atoms in total. The van der Waals surface area contributed by atoms with Gasteiger partial charge in [0, 0.05) is 18.7 Å². The van der Waals surface area contributed by atoms with Gasteiger partial charge in [0.05, 0.1) is 20.8 Å². The maximum Gasteiger partial charge on any atom is 0.163 e. The lowest BCUT2D eigenvalue weighted by atomic mass is 10.2. The topological polar surface area (TPSA) is 22.9 Å². The Hall–Kier alpha value is -1.29. The fourth-order valence-electron chi connectivity index (χ4n) is 1.36. The average Bonchev–Trinajstić information content (AvgIpc) is 2.19. The van der Waals surface area contributed by atoms with Crippen LogP contribution in [-0.4, -0.2) is 21.3 Å². The number of halogens is 1. The molecule has 1 rings (SSSR count). The molecule has 1 atom stereocenters. The number of nitrogens with one attached hydrogen (secondary N) is 1. The van der Waals surface area contributed by atoms with Gasteiger partial charge in [-0.3, -0.25) is 0 Å². The Morgan fingerprint density at radius 2 is 1.80 bits per heavy atom. The Kier molecular flexibility index (Phi) is 3.91. The first-order valence-corrected chi connectivity index (χ1v) is 4.63. The maximum absolute atomic E-state index is 13.5. The normalized spacial score (nSPS) is 12.3. The highest BCUT2D eigenvalue weighted by atomic mass is 19.1. The second kappa shape index (κ2) is 4.98. The van der Waals surface area contributed by atoms with E-state index in [0.29, 0.717) is 23.6 Å². The molecule has 0 aromatic heterocycles. The molecule has 0 aliphatic rings. The molecule has 1 N–H and O–H groups in total. The summed E-state index contributed by atoms with van der Waals surface area (Å²) in [6, 6.07) is 2.97. The molecule has 1 aromatic rings. The summed E-state index contributed by atoms with van der Waals surface area (Å²) in [4.78, 5) is 0.904. The summed E-state index contributed by atoms with van der Waals surface area (Å²) in [6.45, 7) is 0.506. The zero-order valence-electron chi connectivity index (χ0n) is 9.26. The number of ether oxygens (including phenoxy) is 2. The van der Waals surface area contributed by atoms with Crippen LogP contribution in [0, 0.1) is 12.9 Å². The summed E-state index contributed by atoms with van der Waals surface area (Å²) in [7, 11) is 8.62. The van der Waals surface area contributed by atoms with E-state index in [2.05, 4.69) is 7.05 Å². The fraction of sp³-hybridized carbons (Fsp3) is 0.364. The van der Waals surface area contributed by atoms with Crippen LogP contribution in [0.2, 0.25) is 0 Å². The van der Waals surface area contributed by atoms with Crippen molar-refractivity contribution in [2.75, 3.05) is 21.3 Å². The van der Waals surface area contributed by atoms with Gasteiger partial charge in [-0.2, -0.15) is 7.05 Å². The zero-order chi connectivity index (χ0) is 11.4. The molecule has 15 heavy (non-hydrogen) atoms. The minimum atomic E-state index is -0.296. The van der Waals surface area contributed by atoms with Gasteiger partial charge in [0.1, 0.15) is 5.82 Å². The molecule has 0 aliphatic carbocycles. The first-order chi connectivity index (χ1) is 7.08. The van der Waals surface area contributed by atoms with Crippen LogP contribution in [0.4, 0.5) is 4.39 Å². The van der Waals surface area contributed by atoms with E-state index in [1.54, 1.807) is 6.07 Å². The van der Waals surface area contributed by atoms with Gasteiger partial charge in [0.25, 0.3) is 0 Å². The molecule has 0 saturated carbocycles. The smallest absolute Gasteiger partial charge is 0.163 e. The largest absolute Gasteiger partial charge is 0.493 e. The Bertz CT molecular complexity index is 340. The van der Waals surface area contributed by atoms with Crippen molar-refractivity contribution in [3.05, 3.63) is 30.6 Å². The molecule has 0 aliphatic heterocycles. The SMILES string of the molecule is [CH2-][NH+](C)Cc1cc(OC)c(OC)cc1F. The highest BCUT2D eigenvalue weighted by Crippen LogP contribution is 2.29. The molecule has 84 valence electrons. The van der Waals surface area contributed by atoms with E-state index in [-0.39, 0.29) is 5.82 Å². The van der Waals surface area contributed by atoms with E-state index < -0.39 is 0 Å². The van der Waals surface area contributed by atoms with Crippen molar-refractivity contribution < 1.29 is 18.8 Å². The predicted molar refractivity (Wildman–Crippen MR) is 55.5 cm³/mol. The number of benzene rings is 1. The first-order valence-electron chi connectivity index (χ1n) is 4.63. The van der Waals surface area contributed by atoms with E-state index >= 15 is 0 Å². The summed E-state index contributed by atoms with van der Waals surface area (Å²) < 4.78 is 23.6. The lowest BCUT2D eigenvalue weighted by molar-refractivity contribution is -0.846. The molecule has 1 aromatic carbocycles. The van der Waals surface area contributed by atoms with Crippen LogP contribution in [0.5, 0.6) is 11.5 Å². The molecule has 4 heteroatoms. The molecule has 1 unspecified atom stereocenters.